The smallest absolute Gasteiger partial charge is 0.254 e. The summed E-state index contributed by atoms with van der Waals surface area (Å²) in [5.41, 5.74) is 17.0. The highest BCUT2D eigenvalue weighted by Gasteiger charge is 2.20. The van der Waals surface area contributed by atoms with Gasteiger partial charge in [0.1, 0.15) is 17.4 Å². The Kier molecular flexibility index (Phi) is 10.1. The number of carbonyl (C=O) groups is 1. The summed E-state index contributed by atoms with van der Waals surface area (Å²) < 4.78 is 7.74. The Hall–Kier alpha value is -4.17. The molecule has 1 aliphatic rings. The lowest BCUT2D eigenvalue weighted by atomic mass is 9.87. The highest BCUT2D eigenvalue weighted by atomic mass is 16.5. The number of imidazole rings is 1. The van der Waals surface area contributed by atoms with Gasteiger partial charge in [0, 0.05) is 43.7 Å². The van der Waals surface area contributed by atoms with Gasteiger partial charge in [0.2, 0.25) is 0 Å². The summed E-state index contributed by atoms with van der Waals surface area (Å²) in [6.07, 6.45) is 9.42. The van der Waals surface area contributed by atoms with Gasteiger partial charge >= 0.3 is 0 Å². The minimum Gasteiger partial charge on any atom is -0.497 e. The standard InChI is InChI=1S/C35H44N6O2/c1-43-30-9-5-8-27(22-30)24-40(21-19-36)35(42)29-15-16-32-31(23-29)39-33(41(32)20-18-25-6-3-2-4-7-25)17-12-26-10-13-28(14-11-26)34(37)38/h5,8-11,13-16,22-23,25H,2-4,6-7,12,17-21,24,36H2,1H3,(H3,37,38). The van der Waals surface area contributed by atoms with E-state index in [-0.39, 0.29) is 11.7 Å². The Labute approximate surface area is 254 Å². The highest BCUT2D eigenvalue weighted by molar-refractivity contribution is 5.97. The molecule has 1 aliphatic carbocycles. The van der Waals surface area contributed by atoms with E-state index in [4.69, 9.17) is 26.6 Å². The van der Waals surface area contributed by atoms with Crippen molar-refractivity contribution in [3.8, 4) is 5.75 Å². The maximum absolute atomic E-state index is 13.7. The van der Waals surface area contributed by atoms with E-state index in [0.29, 0.717) is 25.2 Å². The van der Waals surface area contributed by atoms with Gasteiger partial charge in [-0.25, -0.2) is 4.98 Å². The van der Waals surface area contributed by atoms with E-state index in [1.54, 1.807) is 12.0 Å². The molecule has 0 saturated heterocycles. The molecule has 0 atom stereocenters. The van der Waals surface area contributed by atoms with E-state index in [0.717, 1.165) is 65.5 Å². The molecule has 1 aromatic heterocycles. The lowest BCUT2D eigenvalue weighted by Crippen LogP contribution is -2.34. The van der Waals surface area contributed by atoms with Gasteiger partial charge < -0.3 is 25.7 Å². The van der Waals surface area contributed by atoms with Crippen LogP contribution in [0.4, 0.5) is 0 Å². The fraction of sp³-hybridized carbons (Fsp3) is 0.400. The number of nitrogens with two attached hydrogens (primary N) is 2. The molecule has 0 unspecified atom stereocenters. The summed E-state index contributed by atoms with van der Waals surface area (Å²) in [4.78, 5) is 20.6. The Morgan fingerprint density at radius 2 is 1.77 bits per heavy atom. The van der Waals surface area contributed by atoms with E-state index in [9.17, 15) is 4.79 Å². The predicted octanol–water partition coefficient (Wildman–Crippen LogP) is 5.69. The SMILES string of the molecule is COc1cccc(CN(CCN)C(=O)c2ccc3c(c2)nc(CCc2ccc(C(=N)N)cc2)n3CCC2CCCCC2)c1. The monoisotopic (exact) mass is 580 g/mol. The van der Waals surface area contributed by atoms with Gasteiger partial charge in [-0.2, -0.15) is 0 Å². The number of aryl methyl sites for hydroxylation is 3. The summed E-state index contributed by atoms with van der Waals surface area (Å²) in [6, 6.07) is 21.6. The van der Waals surface area contributed by atoms with Gasteiger partial charge in [-0.05, 0) is 60.2 Å². The lowest BCUT2D eigenvalue weighted by molar-refractivity contribution is 0.0748. The van der Waals surface area contributed by atoms with Gasteiger partial charge in [0.15, 0.2) is 0 Å². The van der Waals surface area contributed by atoms with Crippen LogP contribution >= 0.6 is 0 Å². The van der Waals surface area contributed by atoms with Crippen molar-refractivity contribution in [1.82, 2.24) is 14.5 Å². The maximum Gasteiger partial charge on any atom is 0.254 e. The van der Waals surface area contributed by atoms with E-state index in [2.05, 4.69) is 10.6 Å². The first-order chi connectivity index (χ1) is 20.9. The predicted molar refractivity (Wildman–Crippen MR) is 173 cm³/mol. The van der Waals surface area contributed by atoms with E-state index in [1.165, 1.54) is 37.7 Å². The number of nitrogens with one attached hydrogen (secondary N) is 1. The topological polar surface area (TPSA) is 123 Å². The molecule has 5 rings (SSSR count). The second-order valence-corrected chi connectivity index (χ2v) is 11.7. The molecule has 8 heteroatoms. The van der Waals surface area contributed by atoms with Crippen LogP contribution in [0.1, 0.15) is 71.4 Å². The Morgan fingerprint density at radius 1 is 1.00 bits per heavy atom. The molecular formula is C35H44N6O2. The first-order valence-electron chi connectivity index (χ1n) is 15.5. The fourth-order valence-electron chi connectivity index (χ4n) is 6.23. The Balaban J connectivity index is 1.39. The number of rotatable bonds is 13. The number of carbonyl (C=O) groups excluding carboxylic acids is 1. The first kappa shape index (κ1) is 30.3. The highest BCUT2D eigenvalue weighted by Crippen LogP contribution is 2.28. The molecule has 43 heavy (non-hydrogen) atoms. The summed E-state index contributed by atoms with van der Waals surface area (Å²) in [7, 11) is 1.64. The fourth-order valence-corrected chi connectivity index (χ4v) is 6.23. The number of nitrogens with zero attached hydrogens (tertiary/aromatic N) is 3. The molecule has 1 heterocycles. The number of amidine groups is 1. The second-order valence-electron chi connectivity index (χ2n) is 11.7. The van der Waals surface area contributed by atoms with Gasteiger partial charge in [-0.1, -0.05) is 68.5 Å². The summed E-state index contributed by atoms with van der Waals surface area (Å²) >= 11 is 0. The third kappa shape index (κ3) is 7.62. The zero-order valence-electron chi connectivity index (χ0n) is 25.2. The maximum atomic E-state index is 13.7. The number of methoxy groups -OCH3 is 1. The Bertz CT molecular complexity index is 1540. The van der Waals surface area contributed by atoms with Crippen molar-refractivity contribution in [2.45, 2.75) is 64.5 Å². The van der Waals surface area contributed by atoms with Crippen LogP contribution in [0.3, 0.4) is 0 Å². The Morgan fingerprint density at radius 3 is 2.49 bits per heavy atom. The van der Waals surface area contributed by atoms with Gasteiger partial charge in [-0.15, -0.1) is 0 Å². The summed E-state index contributed by atoms with van der Waals surface area (Å²) in [6.45, 7) is 2.22. The largest absolute Gasteiger partial charge is 0.497 e. The number of aromatic nitrogens is 2. The van der Waals surface area contributed by atoms with Crippen molar-refractivity contribution in [1.29, 1.82) is 5.41 Å². The summed E-state index contributed by atoms with van der Waals surface area (Å²) in [5.74, 6) is 2.59. The summed E-state index contributed by atoms with van der Waals surface area (Å²) in [5, 5.41) is 7.66. The molecule has 1 amide bonds. The lowest BCUT2D eigenvalue weighted by Gasteiger charge is -2.23. The van der Waals surface area contributed by atoms with E-state index in [1.807, 2.05) is 60.7 Å². The molecule has 5 N–H and O–H groups in total. The van der Waals surface area contributed by atoms with Crippen LogP contribution in [-0.4, -0.2) is 46.4 Å². The van der Waals surface area contributed by atoms with Crippen molar-refractivity contribution in [2.24, 2.45) is 17.4 Å². The van der Waals surface area contributed by atoms with Gasteiger partial charge in [0.25, 0.3) is 5.91 Å². The molecule has 1 saturated carbocycles. The van der Waals surface area contributed by atoms with Crippen LogP contribution in [0.2, 0.25) is 0 Å². The van der Waals surface area contributed by atoms with Crippen molar-refractivity contribution in [3.63, 3.8) is 0 Å². The minimum atomic E-state index is -0.0564. The molecule has 0 aliphatic heterocycles. The molecule has 8 nitrogen and oxygen atoms in total. The molecule has 0 radical (unpaired) electrons. The zero-order chi connectivity index (χ0) is 30.2. The van der Waals surface area contributed by atoms with Crippen molar-refractivity contribution < 1.29 is 9.53 Å². The van der Waals surface area contributed by atoms with Crippen molar-refractivity contribution >= 4 is 22.8 Å². The number of hydrogen-bond acceptors (Lipinski definition) is 5. The molecule has 1 fully saturated rings. The van der Waals surface area contributed by atoms with Crippen LogP contribution < -0.4 is 16.2 Å². The number of amides is 1. The van der Waals surface area contributed by atoms with Crippen LogP contribution in [0.25, 0.3) is 11.0 Å². The number of benzene rings is 3. The van der Waals surface area contributed by atoms with Gasteiger partial charge in [-0.3, -0.25) is 10.2 Å². The van der Waals surface area contributed by atoms with Crippen LogP contribution in [0.15, 0.2) is 66.7 Å². The molecule has 226 valence electrons. The third-order valence-corrected chi connectivity index (χ3v) is 8.66. The average Bonchev–Trinajstić information content (AvgIpc) is 3.39. The number of hydrogen-bond donors (Lipinski definition) is 3. The molecule has 4 aromatic rings. The van der Waals surface area contributed by atoms with E-state index >= 15 is 0 Å². The van der Waals surface area contributed by atoms with Crippen molar-refractivity contribution in [3.05, 3.63) is 94.8 Å². The quantitative estimate of drug-likeness (QED) is 0.139. The number of nitrogen functional groups attached to an aromatic ring is 1. The molecule has 3 aromatic carbocycles. The number of fused-ring (bicyclic) bond motifs is 1. The van der Waals surface area contributed by atoms with Crippen LogP contribution in [0, 0.1) is 11.3 Å². The molecule has 0 spiro atoms. The van der Waals surface area contributed by atoms with Gasteiger partial charge in [0.05, 0.1) is 18.1 Å². The van der Waals surface area contributed by atoms with Crippen LogP contribution in [0.5, 0.6) is 5.75 Å². The van der Waals surface area contributed by atoms with E-state index < -0.39 is 0 Å². The second kappa shape index (κ2) is 14.3. The number of ether oxygens (including phenoxy) is 1. The molecule has 0 bridgehead atoms. The third-order valence-electron chi connectivity index (χ3n) is 8.66. The normalized spacial score (nSPS) is 13.7. The van der Waals surface area contributed by atoms with Crippen molar-refractivity contribution in [2.75, 3.05) is 20.2 Å². The minimum absolute atomic E-state index is 0.0564. The van der Waals surface area contributed by atoms with Crippen LogP contribution in [-0.2, 0) is 25.9 Å². The first-order valence-corrected chi connectivity index (χ1v) is 15.5. The molecular weight excluding hydrogens is 536 g/mol. The average molecular weight is 581 g/mol. The zero-order valence-corrected chi connectivity index (χ0v) is 25.2.